The molecule has 0 spiro atoms. The van der Waals surface area contributed by atoms with Crippen molar-refractivity contribution in [3.8, 4) is 5.75 Å². The Morgan fingerprint density at radius 1 is 1.25 bits per heavy atom. The number of rotatable bonds is 2. The lowest BCUT2D eigenvalue weighted by Gasteiger charge is -2.28. The normalized spacial score (nSPS) is 22.8. The maximum Gasteiger partial charge on any atom is 0.227 e. The van der Waals surface area contributed by atoms with Gasteiger partial charge in [0.05, 0.1) is 5.92 Å². The van der Waals surface area contributed by atoms with Gasteiger partial charge in [0.1, 0.15) is 12.4 Å². The molecule has 1 aliphatic carbocycles. The highest BCUT2D eigenvalue weighted by atomic mass is 35.5. The smallest absolute Gasteiger partial charge is 0.227 e. The Bertz CT molecular complexity index is 497. The molecule has 20 heavy (non-hydrogen) atoms. The molecular weight excluding hydrogens is 274 g/mol. The zero-order valence-corrected chi connectivity index (χ0v) is 12.3. The lowest BCUT2D eigenvalue weighted by molar-refractivity contribution is -0.127. The largest absolute Gasteiger partial charge is 0.492 e. The molecule has 0 radical (unpaired) electrons. The Kier molecular flexibility index (Phi) is 4.16. The highest BCUT2D eigenvalue weighted by molar-refractivity contribution is 6.30. The van der Waals surface area contributed by atoms with Crippen LogP contribution in [0, 0.1) is 5.92 Å². The predicted octanol–water partition coefficient (Wildman–Crippen LogP) is 3.34. The minimum absolute atomic E-state index is 0.0945. The zero-order chi connectivity index (χ0) is 13.9. The van der Waals surface area contributed by atoms with Crippen LogP contribution < -0.4 is 10.1 Å². The van der Waals surface area contributed by atoms with Gasteiger partial charge in [-0.15, -0.1) is 0 Å². The van der Waals surface area contributed by atoms with Crippen molar-refractivity contribution in [3.63, 3.8) is 0 Å². The Balaban J connectivity index is 1.62. The first kappa shape index (κ1) is 13.7. The van der Waals surface area contributed by atoms with Crippen LogP contribution in [0.4, 0.5) is 0 Å². The average Bonchev–Trinajstić information content (AvgIpc) is 2.47. The van der Waals surface area contributed by atoms with Crippen molar-refractivity contribution in [2.45, 2.75) is 44.6 Å². The topological polar surface area (TPSA) is 38.3 Å². The standard InChI is InChI=1S/C16H20ClNO2/c17-13-6-7-15-11(9-13)8-12(10-20-15)16(19)18-14-4-2-1-3-5-14/h6-7,9,12,14H,1-5,8,10H2,(H,18,19)/t12-/m0/s1. The number of halogens is 1. The van der Waals surface area contributed by atoms with Crippen LogP contribution in [0.25, 0.3) is 0 Å². The molecule has 1 N–H and O–H groups in total. The third-order valence-corrected chi connectivity index (χ3v) is 4.49. The van der Waals surface area contributed by atoms with E-state index in [-0.39, 0.29) is 11.8 Å². The van der Waals surface area contributed by atoms with Crippen LogP contribution in [0.15, 0.2) is 18.2 Å². The first-order chi connectivity index (χ1) is 9.72. The van der Waals surface area contributed by atoms with Crippen LogP contribution in [0.3, 0.4) is 0 Å². The van der Waals surface area contributed by atoms with E-state index < -0.39 is 0 Å². The molecule has 1 amide bonds. The number of ether oxygens (including phenoxy) is 1. The van der Waals surface area contributed by atoms with Gasteiger partial charge in [-0.2, -0.15) is 0 Å². The lowest BCUT2D eigenvalue weighted by atomic mass is 9.93. The number of carbonyl (C=O) groups is 1. The van der Waals surface area contributed by atoms with Crippen molar-refractivity contribution >= 4 is 17.5 Å². The van der Waals surface area contributed by atoms with Crippen molar-refractivity contribution in [2.75, 3.05) is 6.61 Å². The van der Waals surface area contributed by atoms with Crippen molar-refractivity contribution in [3.05, 3.63) is 28.8 Å². The molecular formula is C16H20ClNO2. The quantitative estimate of drug-likeness (QED) is 0.908. The minimum atomic E-state index is -0.0945. The van der Waals surface area contributed by atoms with E-state index >= 15 is 0 Å². The minimum Gasteiger partial charge on any atom is -0.492 e. The molecule has 3 rings (SSSR count). The summed E-state index contributed by atoms with van der Waals surface area (Å²) in [7, 11) is 0. The van der Waals surface area contributed by atoms with Crippen molar-refractivity contribution < 1.29 is 9.53 Å². The molecule has 0 bridgehead atoms. The Labute approximate surface area is 124 Å². The zero-order valence-electron chi connectivity index (χ0n) is 11.5. The fourth-order valence-electron chi connectivity index (χ4n) is 3.10. The van der Waals surface area contributed by atoms with Gasteiger partial charge in [0.25, 0.3) is 0 Å². The Morgan fingerprint density at radius 3 is 2.85 bits per heavy atom. The second-order valence-electron chi connectivity index (χ2n) is 5.81. The molecule has 1 fully saturated rings. The first-order valence-electron chi connectivity index (χ1n) is 7.44. The summed E-state index contributed by atoms with van der Waals surface area (Å²) in [5.74, 6) is 0.890. The molecule has 1 aliphatic heterocycles. The maximum absolute atomic E-state index is 12.3. The van der Waals surface area contributed by atoms with Crippen LogP contribution in [0.5, 0.6) is 5.75 Å². The van der Waals surface area contributed by atoms with E-state index in [1.54, 1.807) is 0 Å². The van der Waals surface area contributed by atoms with E-state index in [1.165, 1.54) is 19.3 Å². The number of hydrogen-bond donors (Lipinski definition) is 1. The fraction of sp³-hybridized carbons (Fsp3) is 0.562. The summed E-state index contributed by atoms with van der Waals surface area (Å²) in [5.41, 5.74) is 1.03. The fourth-order valence-corrected chi connectivity index (χ4v) is 3.29. The Hall–Kier alpha value is -1.22. The van der Waals surface area contributed by atoms with Crippen molar-refractivity contribution in [2.24, 2.45) is 5.92 Å². The van der Waals surface area contributed by atoms with Crippen LogP contribution in [0.1, 0.15) is 37.7 Å². The van der Waals surface area contributed by atoms with E-state index in [9.17, 15) is 4.79 Å². The molecule has 1 heterocycles. The number of carbonyl (C=O) groups excluding carboxylic acids is 1. The number of hydrogen-bond acceptors (Lipinski definition) is 2. The predicted molar refractivity (Wildman–Crippen MR) is 79.2 cm³/mol. The highest BCUT2D eigenvalue weighted by Crippen LogP contribution is 2.30. The summed E-state index contributed by atoms with van der Waals surface area (Å²) in [5, 5.41) is 3.88. The van der Waals surface area contributed by atoms with Crippen LogP contribution in [-0.2, 0) is 11.2 Å². The van der Waals surface area contributed by atoms with E-state index in [2.05, 4.69) is 5.32 Å². The molecule has 3 nitrogen and oxygen atoms in total. The van der Waals surface area contributed by atoms with Gasteiger partial charge in [-0.1, -0.05) is 30.9 Å². The summed E-state index contributed by atoms with van der Waals surface area (Å²) >= 11 is 6.00. The number of nitrogens with one attached hydrogen (secondary N) is 1. The molecule has 4 heteroatoms. The summed E-state index contributed by atoms with van der Waals surface area (Å²) in [6.07, 6.45) is 6.69. The monoisotopic (exact) mass is 293 g/mol. The second kappa shape index (κ2) is 6.04. The van der Waals surface area contributed by atoms with E-state index in [0.717, 1.165) is 24.2 Å². The number of fused-ring (bicyclic) bond motifs is 1. The van der Waals surface area contributed by atoms with Crippen molar-refractivity contribution in [1.82, 2.24) is 5.32 Å². The molecule has 0 unspecified atom stereocenters. The van der Waals surface area contributed by atoms with Gasteiger partial charge in [-0.05, 0) is 43.0 Å². The van der Waals surface area contributed by atoms with Gasteiger partial charge >= 0.3 is 0 Å². The molecule has 1 saturated carbocycles. The summed E-state index contributed by atoms with van der Waals surface area (Å²) in [6, 6.07) is 5.96. The molecule has 0 saturated heterocycles. The van der Waals surface area contributed by atoms with Gasteiger partial charge in [0.15, 0.2) is 0 Å². The van der Waals surface area contributed by atoms with E-state index in [4.69, 9.17) is 16.3 Å². The van der Waals surface area contributed by atoms with Gasteiger partial charge < -0.3 is 10.1 Å². The van der Waals surface area contributed by atoms with E-state index in [1.807, 2.05) is 18.2 Å². The van der Waals surface area contributed by atoms with Crippen LogP contribution in [0.2, 0.25) is 5.02 Å². The number of amides is 1. The van der Waals surface area contributed by atoms with Crippen molar-refractivity contribution in [1.29, 1.82) is 0 Å². The molecule has 1 atom stereocenters. The van der Waals surface area contributed by atoms with Gasteiger partial charge in [-0.25, -0.2) is 0 Å². The molecule has 108 valence electrons. The third-order valence-electron chi connectivity index (χ3n) is 4.25. The van der Waals surface area contributed by atoms with E-state index in [0.29, 0.717) is 24.1 Å². The second-order valence-corrected chi connectivity index (χ2v) is 6.24. The van der Waals surface area contributed by atoms with Gasteiger partial charge in [0.2, 0.25) is 5.91 Å². The maximum atomic E-state index is 12.3. The third kappa shape index (κ3) is 3.09. The summed E-state index contributed by atoms with van der Waals surface area (Å²) in [4.78, 5) is 12.3. The van der Waals surface area contributed by atoms with Gasteiger partial charge in [0, 0.05) is 11.1 Å². The SMILES string of the molecule is O=C(NC1CCCCC1)[C@@H]1COc2ccc(Cl)cc2C1. The van der Waals surface area contributed by atoms with Crippen LogP contribution >= 0.6 is 11.6 Å². The number of benzene rings is 1. The molecule has 1 aromatic carbocycles. The summed E-state index contributed by atoms with van der Waals surface area (Å²) in [6.45, 7) is 0.465. The molecule has 2 aliphatic rings. The molecule has 0 aromatic heterocycles. The summed E-state index contributed by atoms with van der Waals surface area (Å²) < 4.78 is 5.68. The molecule has 1 aromatic rings. The van der Waals surface area contributed by atoms with Crippen LogP contribution in [-0.4, -0.2) is 18.6 Å². The Morgan fingerprint density at radius 2 is 2.05 bits per heavy atom. The average molecular weight is 294 g/mol. The first-order valence-corrected chi connectivity index (χ1v) is 7.82. The van der Waals surface area contributed by atoms with Gasteiger partial charge in [-0.3, -0.25) is 4.79 Å². The highest BCUT2D eigenvalue weighted by Gasteiger charge is 2.28. The lowest BCUT2D eigenvalue weighted by Crippen LogP contribution is -2.43.